The van der Waals surface area contributed by atoms with Crippen molar-refractivity contribution in [3.63, 3.8) is 0 Å². The van der Waals surface area contributed by atoms with Crippen molar-refractivity contribution in [1.82, 2.24) is 4.90 Å². The van der Waals surface area contributed by atoms with Crippen LogP contribution >= 0.6 is 0 Å². The predicted molar refractivity (Wildman–Crippen MR) is 69.3 cm³/mol. The number of carboxylic acids is 1. The molecule has 1 aromatic heterocycles. The molecular weight excluding hydrogens is 250 g/mol. The fourth-order valence-corrected chi connectivity index (χ4v) is 1.72. The monoisotopic (exact) mass is 271 g/mol. The second-order valence-electron chi connectivity index (χ2n) is 4.19. The molecule has 0 atom stereocenters. The number of nitrogens with zero attached hydrogens (tertiary/aromatic N) is 1. The van der Waals surface area contributed by atoms with Gasteiger partial charge in [0.1, 0.15) is 5.76 Å². The molecule has 108 valence electrons. The zero-order valence-corrected chi connectivity index (χ0v) is 11.4. The lowest BCUT2D eigenvalue weighted by Crippen LogP contribution is -2.28. The lowest BCUT2D eigenvalue weighted by Gasteiger charge is -2.20. The first kappa shape index (κ1) is 15.7. The van der Waals surface area contributed by atoms with E-state index in [2.05, 4.69) is 4.90 Å². The van der Waals surface area contributed by atoms with Gasteiger partial charge >= 0.3 is 5.97 Å². The Labute approximate surface area is 112 Å². The van der Waals surface area contributed by atoms with Gasteiger partial charge in [-0.2, -0.15) is 0 Å². The van der Waals surface area contributed by atoms with Gasteiger partial charge in [-0.15, -0.1) is 0 Å². The number of rotatable bonds is 10. The summed E-state index contributed by atoms with van der Waals surface area (Å²) < 4.78 is 15.3. The maximum absolute atomic E-state index is 10.7. The molecule has 1 N–H and O–H groups in total. The lowest BCUT2D eigenvalue weighted by atomic mass is 10.3. The molecule has 0 aliphatic carbocycles. The van der Waals surface area contributed by atoms with Crippen molar-refractivity contribution in [2.75, 3.05) is 40.5 Å². The van der Waals surface area contributed by atoms with Gasteiger partial charge in [0.05, 0.1) is 13.2 Å². The second-order valence-corrected chi connectivity index (χ2v) is 4.19. The summed E-state index contributed by atoms with van der Waals surface area (Å²) in [5.74, 6) is -0.432. The number of hydrogen-bond donors (Lipinski definition) is 1. The molecule has 0 aromatic carbocycles. The van der Waals surface area contributed by atoms with Crippen LogP contribution in [0.3, 0.4) is 0 Å². The molecule has 6 nitrogen and oxygen atoms in total. The van der Waals surface area contributed by atoms with Crippen LogP contribution in [0, 0.1) is 0 Å². The molecule has 0 saturated heterocycles. The minimum absolute atomic E-state index is 0.0291. The largest absolute Gasteiger partial charge is 0.475 e. The van der Waals surface area contributed by atoms with E-state index in [4.69, 9.17) is 19.0 Å². The summed E-state index contributed by atoms with van der Waals surface area (Å²) in [7, 11) is 3.33. The molecule has 0 radical (unpaired) electrons. The number of methoxy groups -OCH3 is 2. The van der Waals surface area contributed by atoms with Crippen molar-refractivity contribution in [3.8, 4) is 0 Å². The van der Waals surface area contributed by atoms with Crippen molar-refractivity contribution >= 4 is 5.97 Å². The summed E-state index contributed by atoms with van der Waals surface area (Å²) in [5, 5.41) is 8.80. The number of aromatic carboxylic acids is 1. The Morgan fingerprint density at radius 2 is 2.00 bits per heavy atom. The molecule has 0 saturated carbocycles. The van der Waals surface area contributed by atoms with Crippen molar-refractivity contribution in [2.45, 2.75) is 13.0 Å². The molecule has 0 aliphatic heterocycles. The average molecular weight is 271 g/mol. The summed E-state index contributed by atoms with van der Waals surface area (Å²) in [4.78, 5) is 12.9. The fraction of sp³-hybridized carbons (Fsp3) is 0.615. The zero-order chi connectivity index (χ0) is 14.1. The molecule has 1 heterocycles. The first-order chi connectivity index (χ1) is 9.17. The maximum atomic E-state index is 10.7. The molecule has 0 aliphatic rings. The van der Waals surface area contributed by atoms with Crippen LogP contribution in [0.5, 0.6) is 0 Å². The van der Waals surface area contributed by atoms with Crippen molar-refractivity contribution < 1.29 is 23.8 Å². The van der Waals surface area contributed by atoms with Crippen molar-refractivity contribution in [2.24, 2.45) is 0 Å². The van der Waals surface area contributed by atoms with Gasteiger partial charge in [0, 0.05) is 33.9 Å². The average Bonchev–Trinajstić information content (AvgIpc) is 2.84. The molecule has 0 unspecified atom stereocenters. The first-order valence-corrected chi connectivity index (χ1v) is 6.19. The van der Waals surface area contributed by atoms with E-state index in [0.29, 0.717) is 25.5 Å². The molecule has 1 aromatic rings. The van der Waals surface area contributed by atoms with E-state index in [0.717, 1.165) is 19.5 Å². The summed E-state index contributed by atoms with van der Waals surface area (Å²) in [5.41, 5.74) is 0. The quantitative estimate of drug-likeness (QED) is 0.650. The third kappa shape index (κ3) is 5.87. The number of furan rings is 1. The van der Waals surface area contributed by atoms with E-state index in [9.17, 15) is 4.79 Å². The molecule has 6 heteroatoms. The second kappa shape index (κ2) is 8.68. The van der Waals surface area contributed by atoms with Crippen molar-refractivity contribution in [1.29, 1.82) is 0 Å². The Morgan fingerprint density at radius 1 is 1.26 bits per heavy atom. The van der Waals surface area contributed by atoms with Gasteiger partial charge in [-0.1, -0.05) is 0 Å². The van der Waals surface area contributed by atoms with Crippen LogP contribution in [0.4, 0.5) is 0 Å². The summed E-state index contributed by atoms with van der Waals surface area (Å²) in [6.07, 6.45) is 0.909. The minimum atomic E-state index is -1.05. The van der Waals surface area contributed by atoms with Gasteiger partial charge in [-0.25, -0.2) is 4.79 Å². The molecule has 1 rings (SSSR count). The van der Waals surface area contributed by atoms with Crippen LogP contribution < -0.4 is 0 Å². The highest BCUT2D eigenvalue weighted by Gasteiger charge is 2.12. The minimum Gasteiger partial charge on any atom is -0.475 e. The van der Waals surface area contributed by atoms with Crippen molar-refractivity contribution in [3.05, 3.63) is 23.7 Å². The highest BCUT2D eigenvalue weighted by atomic mass is 16.5. The van der Waals surface area contributed by atoms with Gasteiger partial charge in [0.2, 0.25) is 5.76 Å². The Morgan fingerprint density at radius 3 is 2.58 bits per heavy atom. The zero-order valence-electron chi connectivity index (χ0n) is 11.4. The van der Waals surface area contributed by atoms with E-state index in [1.807, 2.05) is 0 Å². The SMILES string of the molecule is COCCCN(CCOC)Cc1ccc(C(=O)O)o1. The summed E-state index contributed by atoms with van der Waals surface area (Å²) in [6.45, 7) is 3.51. The van der Waals surface area contributed by atoms with Gasteiger partial charge in [-0.3, -0.25) is 4.90 Å². The van der Waals surface area contributed by atoms with E-state index in [-0.39, 0.29) is 5.76 Å². The van der Waals surface area contributed by atoms with Crippen LogP contribution in [0.1, 0.15) is 22.7 Å². The van der Waals surface area contributed by atoms with Gasteiger partial charge in [0.25, 0.3) is 0 Å². The smallest absolute Gasteiger partial charge is 0.371 e. The highest BCUT2D eigenvalue weighted by Crippen LogP contribution is 2.11. The fourth-order valence-electron chi connectivity index (χ4n) is 1.72. The Balaban J connectivity index is 2.51. The van der Waals surface area contributed by atoms with Crippen LogP contribution in [-0.4, -0.2) is 56.5 Å². The standard InChI is InChI=1S/C13H21NO5/c1-17-8-3-6-14(7-9-18-2)10-11-4-5-12(19-11)13(15)16/h4-5H,3,6-10H2,1-2H3,(H,15,16). The van der Waals surface area contributed by atoms with E-state index in [1.54, 1.807) is 20.3 Å². The molecule has 0 fully saturated rings. The molecule has 19 heavy (non-hydrogen) atoms. The van der Waals surface area contributed by atoms with Crippen LogP contribution in [-0.2, 0) is 16.0 Å². The maximum Gasteiger partial charge on any atom is 0.371 e. The number of carbonyl (C=O) groups is 1. The third-order valence-corrected chi connectivity index (χ3v) is 2.69. The van der Waals surface area contributed by atoms with Gasteiger partial charge < -0.3 is 19.0 Å². The normalized spacial score (nSPS) is 11.1. The van der Waals surface area contributed by atoms with Crippen LogP contribution in [0.25, 0.3) is 0 Å². The Bertz CT molecular complexity index is 377. The highest BCUT2D eigenvalue weighted by molar-refractivity contribution is 5.84. The lowest BCUT2D eigenvalue weighted by molar-refractivity contribution is 0.0656. The molecule has 0 amide bonds. The third-order valence-electron chi connectivity index (χ3n) is 2.69. The van der Waals surface area contributed by atoms with Crippen LogP contribution in [0.15, 0.2) is 16.5 Å². The van der Waals surface area contributed by atoms with Crippen LogP contribution in [0.2, 0.25) is 0 Å². The van der Waals surface area contributed by atoms with Gasteiger partial charge in [-0.05, 0) is 18.6 Å². The first-order valence-electron chi connectivity index (χ1n) is 6.19. The van der Waals surface area contributed by atoms with Gasteiger partial charge in [0.15, 0.2) is 0 Å². The number of hydrogen-bond acceptors (Lipinski definition) is 5. The van der Waals surface area contributed by atoms with E-state index < -0.39 is 5.97 Å². The summed E-state index contributed by atoms with van der Waals surface area (Å²) in [6, 6.07) is 3.17. The molecule has 0 bridgehead atoms. The number of carboxylic acid groups (broad SMARTS) is 1. The number of ether oxygens (including phenoxy) is 2. The summed E-state index contributed by atoms with van der Waals surface area (Å²) >= 11 is 0. The van der Waals surface area contributed by atoms with E-state index >= 15 is 0 Å². The topological polar surface area (TPSA) is 72.1 Å². The molecular formula is C13H21NO5. The molecule has 0 spiro atoms. The Kier molecular flexibility index (Phi) is 7.17. The predicted octanol–water partition coefficient (Wildman–Crippen LogP) is 1.46. The Hall–Kier alpha value is -1.37. The van der Waals surface area contributed by atoms with E-state index in [1.165, 1.54) is 6.07 Å².